The van der Waals surface area contributed by atoms with Gasteiger partial charge in [0.1, 0.15) is 0 Å². The van der Waals surface area contributed by atoms with E-state index in [4.69, 9.17) is 16.6 Å². The first-order valence-electron chi connectivity index (χ1n) is 9.59. The lowest BCUT2D eigenvalue weighted by atomic mass is 9.85. The van der Waals surface area contributed by atoms with Crippen molar-refractivity contribution in [3.63, 3.8) is 0 Å². The Bertz CT molecular complexity index is 1130. The van der Waals surface area contributed by atoms with Gasteiger partial charge in [0.05, 0.1) is 0 Å². The molecule has 1 saturated carbocycles. The van der Waals surface area contributed by atoms with Crippen LogP contribution in [0.3, 0.4) is 0 Å². The molecule has 1 aliphatic rings. The molecule has 2 aromatic carbocycles. The van der Waals surface area contributed by atoms with E-state index in [1.165, 1.54) is 18.2 Å². The summed E-state index contributed by atoms with van der Waals surface area (Å²) in [5.74, 6) is 0.837. The Kier molecular flexibility index (Phi) is 9.06. The van der Waals surface area contributed by atoms with Crippen LogP contribution in [0.5, 0.6) is 0 Å². The summed E-state index contributed by atoms with van der Waals surface area (Å²) in [5, 5.41) is 10.1. The number of azide groups is 3. The Balaban J connectivity index is 0.000000235. The molecule has 11 nitrogen and oxygen atoms in total. The molecule has 0 spiro atoms. The molecule has 1 atom stereocenters. The lowest BCUT2D eigenvalue weighted by Gasteiger charge is -2.19. The Labute approximate surface area is 183 Å². The maximum absolute atomic E-state index is 11.8. The highest BCUT2D eigenvalue weighted by Gasteiger charge is 2.19. The van der Waals surface area contributed by atoms with Gasteiger partial charge >= 0.3 is 0 Å². The summed E-state index contributed by atoms with van der Waals surface area (Å²) in [5.41, 5.74) is 27.6. The van der Waals surface area contributed by atoms with E-state index in [2.05, 4.69) is 37.0 Å². The molecule has 32 heavy (non-hydrogen) atoms. The van der Waals surface area contributed by atoms with Gasteiger partial charge in [-0.15, -0.1) is 0 Å². The highest BCUT2D eigenvalue weighted by Crippen LogP contribution is 2.28. The molecule has 2 aromatic rings. The van der Waals surface area contributed by atoms with Crippen LogP contribution in [0, 0.1) is 5.92 Å². The van der Waals surface area contributed by atoms with E-state index in [0.29, 0.717) is 24.3 Å². The molecule has 11 heteroatoms. The van der Waals surface area contributed by atoms with Crippen molar-refractivity contribution in [2.75, 3.05) is 0 Å². The van der Waals surface area contributed by atoms with Crippen molar-refractivity contribution in [1.29, 1.82) is 0 Å². The first-order valence-corrected chi connectivity index (χ1v) is 9.59. The van der Waals surface area contributed by atoms with Crippen LogP contribution in [-0.4, -0.2) is 12.1 Å². The Hall–Kier alpha value is -4.55. The highest BCUT2D eigenvalue weighted by atomic mass is 16.1. The summed E-state index contributed by atoms with van der Waals surface area (Å²) in [6, 6.07) is 11.7. The van der Waals surface area contributed by atoms with E-state index in [1.54, 1.807) is 12.1 Å². The molecule has 3 rings (SSSR count). The van der Waals surface area contributed by atoms with Crippen LogP contribution in [0.1, 0.15) is 42.1 Å². The summed E-state index contributed by atoms with van der Waals surface area (Å²) in [6.07, 6.45) is 4.93. The van der Waals surface area contributed by atoms with Gasteiger partial charge in [0, 0.05) is 43.8 Å². The van der Waals surface area contributed by atoms with Gasteiger partial charge in [-0.25, -0.2) is 0 Å². The first kappa shape index (κ1) is 23.7. The van der Waals surface area contributed by atoms with Crippen LogP contribution in [-0.2, 0) is 4.79 Å². The van der Waals surface area contributed by atoms with Crippen LogP contribution in [0.15, 0.2) is 63.4 Å². The molecular formula is C21H19N9O2. The van der Waals surface area contributed by atoms with Gasteiger partial charge in [-0.2, -0.15) is 0 Å². The van der Waals surface area contributed by atoms with Crippen molar-refractivity contribution >= 4 is 35.2 Å². The zero-order valence-electron chi connectivity index (χ0n) is 17.2. The van der Waals surface area contributed by atoms with Crippen molar-refractivity contribution in [3.8, 4) is 0 Å². The van der Waals surface area contributed by atoms with Crippen LogP contribution in [0.4, 0.5) is 17.1 Å². The standard InChI is InChI=1S/C14H15N3O.C7H4N6O/c1-10-2-7-14(18)12(8-10)9-11-3-5-13(6-4-11)16-17-15;8-12-10-6-2-1-3-7(11-13-9)5(6)4-14/h3-6,9-10H,2,7-8H2,1H3;1-4H. The van der Waals surface area contributed by atoms with Gasteiger partial charge in [0.2, 0.25) is 0 Å². The van der Waals surface area contributed by atoms with E-state index in [9.17, 15) is 9.59 Å². The molecule has 0 saturated heterocycles. The molecule has 0 aromatic heterocycles. The normalized spacial score (nSPS) is 15.8. The average molecular weight is 429 g/mol. The molecular weight excluding hydrogens is 410 g/mol. The monoisotopic (exact) mass is 429 g/mol. The third kappa shape index (κ3) is 6.76. The topological polar surface area (TPSA) is 180 Å². The molecule has 0 amide bonds. The number of hydrogen-bond donors (Lipinski definition) is 0. The van der Waals surface area contributed by atoms with E-state index in [1.807, 2.05) is 18.2 Å². The van der Waals surface area contributed by atoms with Gasteiger partial charge in [-0.05, 0) is 52.6 Å². The minimum Gasteiger partial charge on any atom is -0.298 e. The molecule has 0 N–H and O–H groups in total. The molecule has 1 aliphatic carbocycles. The van der Waals surface area contributed by atoms with E-state index < -0.39 is 0 Å². The fourth-order valence-electron chi connectivity index (χ4n) is 3.09. The number of carbonyl (C=O) groups is 2. The smallest absolute Gasteiger partial charge is 0.158 e. The van der Waals surface area contributed by atoms with Gasteiger partial charge in [-0.3, -0.25) is 9.59 Å². The van der Waals surface area contributed by atoms with Crippen LogP contribution in [0.2, 0.25) is 0 Å². The summed E-state index contributed by atoms with van der Waals surface area (Å²) >= 11 is 0. The number of aldehydes is 1. The summed E-state index contributed by atoms with van der Waals surface area (Å²) < 4.78 is 0. The second-order valence-corrected chi connectivity index (χ2v) is 6.93. The Morgan fingerprint density at radius 2 is 1.53 bits per heavy atom. The summed E-state index contributed by atoms with van der Waals surface area (Å²) in [6.45, 7) is 2.17. The number of allylic oxidation sites excluding steroid dienone is 1. The predicted octanol–water partition coefficient (Wildman–Crippen LogP) is 7.78. The van der Waals surface area contributed by atoms with Gasteiger partial charge in [0.15, 0.2) is 12.1 Å². The zero-order chi connectivity index (χ0) is 23.3. The summed E-state index contributed by atoms with van der Waals surface area (Å²) in [4.78, 5) is 30.2. The number of Topliss-reactive ketones (excluding diaryl/α,β-unsaturated/α-hetero) is 1. The Morgan fingerprint density at radius 1 is 0.938 bits per heavy atom. The SMILES string of the molecule is CC1CCC(=O)C(=Cc2ccc(N=[N+]=[N-])cc2)C1.[N-]=[N+]=Nc1cccc(N=[N+]=[N-])c1C=O. The zero-order valence-corrected chi connectivity index (χ0v) is 17.2. The van der Waals surface area contributed by atoms with Crippen LogP contribution < -0.4 is 0 Å². The molecule has 0 aliphatic heterocycles. The largest absolute Gasteiger partial charge is 0.298 e. The number of carbonyl (C=O) groups excluding carboxylic acids is 2. The predicted molar refractivity (Wildman–Crippen MR) is 121 cm³/mol. The lowest BCUT2D eigenvalue weighted by Crippen LogP contribution is -2.14. The fraction of sp³-hybridized carbons (Fsp3) is 0.238. The number of rotatable bonds is 5. The number of nitrogens with zero attached hydrogens (tertiary/aromatic N) is 9. The maximum Gasteiger partial charge on any atom is 0.158 e. The minimum atomic E-state index is 0.0862. The van der Waals surface area contributed by atoms with Crippen molar-refractivity contribution in [3.05, 3.63) is 90.5 Å². The molecule has 1 unspecified atom stereocenters. The number of hydrogen-bond acceptors (Lipinski definition) is 5. The fourth-order valence-corrected chi connectivity index (χ4v) is 3.09. The third-order valence-electron chi connectivity index (χ3n) is 4.67. The van der Waals surface area contributed by atoms with Crippen LogP contribution >= 0.6 is 0 Å². The third-order valence-corrected chi connectivity index (χ3v) is 4.67. The maximum atomic E-state index is 11.8. The van der Waals surface area contributed by atoms with Gasteiger partial charge in [-0.1, -0.05) is 64.7 Å². The number of ketones is 1. The second kappa shape index (κ2) is 12.2. The quantitative estimate of drug-likeness (QED) is 0.155. The van der Waals surface area contributed by atoms with Gasteiger partial charge in [0.25, 0.3) is 0 Å². The van der Waals surface area contributed by atoms with E-state index >= 15 is 0 Å². The molecule has 0 bridgehead atoms. The van der Waals surface area contributed by atoms with Crippen molar-refractivity contribution in [1.82, 2.24) is 0 Å². The first-order chi connectivity index (χ1) is 15.5. The summed E-state index contributed by atoms with van der Waals surface area (Å²) in [7, 11) is 0. The van der Waals surface area contributed by atoms with Crippen molar-refractivity contribution in [2.24, 2.45) is 21.3 Å². The lowest BCUT2D eigenvalue weighted by molar-refractivity contribution is -0.116. The molecule has 1 fully saturated rings. The Morgan fingerprint density at radius 3 is 2.06 bits per heavy atom. The molecule has 0 radical (unpaired) electrons. The second-order valence-electron chi connectivity index (χ2n) is 6.93. The van der Waals surface area contributed by atoms with E-state index in [0.717, 1.165) is 24.0 Å². The molecule has 0 heterocycles. The van der Waals surface area contributed by atoms with Crippen molar-refractivity contribution < 1.29 is 9.59 Å². The number of benzene rings is 2. The minimum absolute atomic E-state index is 0.0862. The highest BCUT2D eigenvalue weighted by molar-refractivity contribution is 6.00. The average Bonchev–Trinajstić information content (AvgIpc) is 2.79. The van der Waals surface area contributed by atoms with Gasteiger partial charge < -0.3 is 0 Å². The van der Waals surface area contributed by atoms with Crippen molar-refractivity contribution in [2.45, 2.75) is 26.2 Å². The van der Waals surface area contributed by atoms with E-state index in [-0.39, 0.29) is 22.7 Å². The van der Waals surface area contributed by atoms with Crippen LogP contribution in [0.25, 0.3) is 37.4 Å². The molecule has 160 valence electrons.